The third-order valence-corrected chi connectivity index (χ3v) is 3.72. The molecule has 0 spiro atoms. The van der Waals surface area contributed by atoms with E-state index in [0.29, 0.717) is 0 Å². The number of benzene rings is 2. The normalized spacial score (nSPS) is 12.3. The number of aryl methyl sites for hydroxylation is 1. The molecule has 76 valence electrons. The summed E-state index contributed by atoms with van der Waals surface area (Å²) in [6, 6.07) is 18.2. The lowest BCUT2D eigenvalue weighted by Crippen LogP contribution is -1.90. The van der Waals surface area contributed by atoms with Crippen molar-refractivity contribution in [1.29, 1.82) is 4.78 Å². The fourth-order valence-electron chi connectivity index (χ4n) is 1.37. The Bertz CT molecular complexity index is 460. The van der Waals surface area contributed by atoms with Gasteiger partial charge in [-0.2, -0.15) is 0 Å². The van der Waals surface area contributed by atoms with E-state index in [2.05, 4.69) is 19.1 Å². The Morgan fingerprint density at radius 3 is 1.93 bits per heavy atom. The van der Waals surface area contributed by atoms with Crippen molar-refractivity contribution in [3.8, 4) is 0 Å². The summed E-state index contributed by atoms with van der Waals surface area (Å²) < 4.78 is 8.15. The molecule has 0 aliphatic rings. The van der Waals surface area contributed by atoms with Gasteiger partial charge < -0.3 is 0 Å². The molecule has 2 heteroatoms. The minimum Gasteiger partial charge on any atom is -0.271 e. The van der Waals surface area contributed by atoms with Gasteiger partial charge in [0, 0.05) is 9.79 Å². The molecule has 1 atom stereocenters. The summed E-state index contributed by atoms with van der Waals surface area (Å²) in [7, 11) is -0.555. The van der Waals surface area contributed by atoms with Crippen LogP contribution in [0.25, 0.3) is 0 Å². The van der Waals surface area contributed by atoms with Crippen LogP contribution >= 0.6 is 0 Å². The Morgan fingerprint density at radius 1 is 0.800 bits per heavy atom. The van der Waals surface area contributed by atoms with Crippen LogP contribution < -0.4 is 0 Å². The predicted molar refractivity (Wildman–Crippen MR) is 64.2 cm³/mol. The summed E-state index contributed by atoms with van der Waals surface area (Å²) in [6.45, 7) is 2.06. The van der Waals surface area contributed by atoms with Gasteiger partial charge in [-0.1, -0.05) is 35.9 Å². The fourth-order valence-corrected chi connectivity index (χ4v) is 2.48. The first kappa shape index (κ1) is 10.1. The monoisotopic (exact) mass is 215 g/mol. The molecule has 1 unspecified atom stereocenters. The number of hydrogen-bond acceptors (Lipinski definition) is 1. The van der Waals surface area contributed by atoms with Crippen molar-refractivity contribution in [2.45, 2.75) is 16.7 Å². The Morgan fingerprint density at radius 2 is 1.33 bits per heavy atom. The van der Waals surface area contributed by atoms with Gasteiger partial charge in [0.1, 0.15) is 0 Å². The van der Waals surface area contributed by atoms with Crippen LogP contribution in [0, 0.1) is 11.7 Å². The first-order valence-electron chi connectivity index (χ1n) is 4.84. The van der Waals surface area contributed by atoms with Crippen LogP contribution in [0.1, 0.15) is 5.56 Å². The highest BCUT2D eigenvalue weighted by atomic mass is 32.2. The van der Waals surface area contributed by atoms with Gasteiger partial charge in [0.2, 0.25) is 0 Å². The summed E-state index contributed by atoms with van der Waals surface area (Å²) in [4.78, 5) is 2.15. The molecule has 0 radical (unpaired) electrons. The molecule has 0 amide bonds. The molecule has 2 rings (SSSR count). The van der Waals surface area contributed by atoms with Gasteiger partial charge in [-0.25, -0.2) is 0 Å². The van der Waals surface area contributed by atoms with Crippen molar-refractivity contribution in [2.24, 2.45) is 0 Å². The zero-order chi connectivity index (χ0) is 10.7. The van der Waals surface area contributed by atoms with Crippen molar-refractivity contribution < 1.29 is 0 Å². The van der Waals surface area contributed by atoms with Gasteiger partial charge >= 0.3 is 0 Å². The van der Waals surface area contributed by atoms with Crippen LogP contribution in [0.5, 0.6) is 0 Å². The molecule has 0 aliphatic carbocycles. The summed E-state index contributed by atoms with van der Waals surface area (Å²) >= 11 is 0. The minimum atomic E-state index is -0.555. The largest absolute Gasteiger partial charge is 0.271 e. The van der Waals surface area contributed by atoms with Crippen LogP contribution in [0.3, 0.4) is 0 Å². The summed E-state index contributed by atoms with van der Waals surface area (Å²) in [6.07, 6.45) is 0. The van der Waals surface area contributed by atoms with E-state index in [1.807, 2.05) is 42.5 Å². The second-order valence-electron chi connectivity index (χ2n) is 3.43. The fraction of sp³-hybridized carbons (Fsp3) is 0.0769. The van der Waals surface area contributed by atoms with Crippen molar-refractivity contribution in [3.05, 3.63) is 60.2 Å². The van der Waals surface area contributed by atoms with Gasteiger partial charge in [0.15, 0.2) is 0 Å². The molecule has 0 fully saturated rings. The maximum Gasteiger partial charge on any atom is 0.0229 e. The second-order valence-corrected chi connectivity index (χ2v) is 4.99. The van der Waals surface area contributed by atoms with Crippen LogP contribution in [-0.4, -0.2) is 0 Å². The number of hydrogen-bond donors (Lipinski definition) is 1. The average Bonchev–Trinajstić information content (AvgIpc) is 2.30. The lowest BCUT2D eigenvalue weighted by molar-refractivity contribution is 1.33. The van der Waals surface area contributed by atoms with E-state index in [1.165, 1.54) is 5.56 Å². The molecule has 0 heterocycles. The standard InChI is InChI=1S/C13H13NS/c1-11-7-9-13(10-8-11)15(14)12-5-3-2-4-6-12/h2-10,14H,1H3. The Labute approximate surface area is 92.7 Å². The average molecular weight is 215 g/mol. The number of rotatable bonds is 2. The lowest BCUT2D eigenvalue weighted by Gasteiger charge is -2.05. The third kappa shape index (κ3) is 2.34. The lowest BCUT2D eigenvalue weighted by atomic mass is 10.2. The Kier molecular flexibility index (Phi) is 2.97. The second kappa shape index (κ2) is 4.41. The molecule has 2 aromatic carbocycles. The van der Waals surface area contributed by atoms with Crippen LogP contribution in [0.15, 0.2) is 64.4 Å². The van der Waals surface area contributed by atoms with E-state index in [-0.39, 0.29) is 0 Å². The molecular weight excluding hydrogens is 202 g/mol. The molecule has 0 saturated heterocycles. The third-order valence-electron chi connectivity index (χ3n) is 2.24. The predicted octanol–water partition coefficient (Wildman–Crippen LogP) is 3.79. The van der Waals surface area contributed by atoms with Crippen molar-refractivity contribution in [3.63, 3.8) is 0 Å². The van der Waals surface area contributed by atoms with E-state index in [9.17, 15) is 0 Å². The SMILES string of the molecule is Cc1ccc(S(=N)c2ccccc2)cc1. The first-order chi connectivity index (χ1) is 7.27. The van der Waals surface area contributed by atoms with E-state index in [1.54, 1.807) is 0 Å². The van der Waals surface area contributed by atoms with E-state index in [4.69, 9.17) is 4.78 Å². The zero-order valence-electron chi connectivity index (χ0n) is 8.60. The summed E-state index contributed by atoms with van der Waals surface area (Å²) in [5.41, 5.74) is 1.24. The molecule has 1 nitrogen and oxygen atoms in total. The highest BCUT2D eigenvalue weighted by Gasteiger charge is 2.00. The van der Waals surface area contributed by atoms with Crippen LogP contribution in [-0.2, 0) is 10.7 Å². The van der Waals surface area contributed by atoms with Crippen molar-refractivity contribution >= 4 is 10.7 Å². The molecular formula is C13H13NS. The maximum atomic E-state index is 8.15. The van der Waals surface area contributed by atoms with E-state index < -0.39 is 10.7 Å². The molecule has 2 aromatic rings. The maximum absolute atomic E-state index is 8.15. The Hall–Kier alpha value is -1.41. The summed E-state index contributed by atoms with van der Waals surface area (Å²) in [5.74, 6) is 0. The van der Waals surface area contributed by atoms with Gasteiger partial charge in [0.25, 0.3) is 0 Å². The van der Waals surface area contributed by atoms with Crippen LogP contribution in [0.2, 0.25) is 0 Å². The number of nitrogens with one attached hydrogen (secondary N) is 1. The van der Waals surface area contributed by atoms with Gasteiger partial charge in [-0.15, -0.1) is 0 Å². The quantitative estimate of drug-likeness (QED) is 0.788. The smallest absolute Gasteiger partial charge is 0.0229 e. The molecule has 1 N–H and O–H groups in total. The molecule has 0 bridgehead atoms. The molecule has 0 saturated carbocycles. The topological polar surface area (TPSA) is 23.9 Å². The Balaban J connectivity index is 2.33. The van der Waals surface area contributed by atoms with Crippen LogP contribution in [0.4, 0.5) is 0 Å². The molecule has 0 aliphatic heterocycles. The minimum absolute atomic E-state index is 0.555. The zero-order valence-corrected chi connectivity index (χ0v) is 9.42. The van der Waals surface area contributed by atoms with Gasteiger partial charge in [-0.05, 0) is 41.9 Å². The van der Waals surface area contributed by atoms with Crippen molar-refractivity contribution in [2.75, 3.05) is 0 Å². The highest BCUT2D eigenvalue weighted by molar-refractivity contribution is 7.86. The van der Waals surface area contributed by atoms with Gasteiger partial charge in [-0.3, -0.25) is 4.78 Å². The molecule has 15 heavy (non-hydrogen) atoms. The highest BCUT2D eigenvalue weighted by Crippen LogP contribution is 2.16. The first-order valence-corrected chi connectivity index (χ1v) is 6.07. The summed E-state index contributed by atoms with van der Waals surface area (Å²) in [5, 5.41) is 0. The van der Waals surface area contributed by atoms with Crippen molar-refractivity contribution in [1.82, 2.24) is 0 Å². The van der Waals surface area contributed by atoms with Gasteiger partial charge in [0.05, 0.1) is 0 Å². The van der Waals surface area contributed by atoms with E-state index in [0.717, 1.165) is 9.79 Å². The molecule has 0 aromatic heterocycles. The van der Waals surface area contributed by atoms with E-state index >= 15 is 0 Å².